The number of anilines is 3. The van der Waals surface area contributed by atoms with Gasteiger partial charge in [-0.15, -0.1) is 11.3 Å². The van der Waals surface area contributed by atoms with Crippen molar-refractivity contribution in [3.8, 4) is 44.5 Å². The highest BCUT2D eigenvalue weighted by Gasteiger charge is 2.18. The lowest BCUT2D eigenvalue weighted by Crippen LogP contribution is -2.09. The minimum Gasteiger partial charge on any atom is -0.455 e. The number of benzene rings is 9. The molecule has 2 aromatic heterocycles. The summed E-state index contributed by atoms with van der Waals surface area (Å²) in [6.07, 6.45) is 0. The second-order valence-corrected chi connectivity index (χ2v) is 15.6. The predicted octanol–water partition coefficient (Wildman–Crippen LogP) is 16.1. The number of nitrogens with zero attached hydrogens (tertiary/aromatic N) is 1. The molecule has 0 amide bonds. The Morgan fingerprint density at radius 1 is 0.298 bits per heavy atom. The Hall–Kier alpha value is -7.20. The molecule has 2 nitrogen and oxygen atoms in total. The maximum atomic E-state index is 6.91. The molecule has 9 aromatic carbocycles. The van der Waals surface area contributed by atoms with Crippen molar-refractivity contribution < 1.29 is 4.42 Å². The van der Waals surface area contributed by atoms with E-state index in [0.717, 1.165) is 61.3 Å². The molecule has 0 spiro atoms. The lowest BCUT2D eigenvalue weighted by Gasteiger charge is -2.26. The average Bonchev–Trinajstić information content (AvgIpc) is 3.86. The Morgan fingerprint density at radius 3 is 1.28 bits per heavy atom. The first-order valence-corrected chi connectivity index (χ1v) is 20.1. The van der Waals surface area contributed by atoms with Crippen LogP contribution in [0.25, 0.3) is 86.6 Å². The van der Waals surface area contributed by atoms with Gasteiger partial charge in [-0.25, -0.2) is 0 Å². The zero-order valence-electron chi connectivity index (χ0n) is 31.0. The largest absolute Gasteiger partial charge is 0.455 e. The van der Waals surface area contributed by atoms with E-state index in [4.69, 9.17) is 4.42 Å². The maximum absolute atomic E-state index is 6.91. The monoisotopic (exact) mass is 745 g/mol. The van der Waals surface area contributed by atoms with Gasteiger partial charge < -0.3 is 9.32 Å². The molecule has 0 saturated carbocycles. The van der Waals surface area contributed by atoms with Gasteiger partial charge in [-0.2, -0.15) is 0 Å². The molecule has 0 N–H and O–H groups in total. The molecule has 0 fully saturated rings. The summed E-state index contributed by atoms with van der Waals surface area (Å²) in [5.41, 5.74) is 14.3. The van der Waals surface area contributed by atoms with Crippen molar-refractivity contribution in [2.75, 3.05) is 4.90 Å². The number of rotatable bonds is 7. The van der Waals surface area contributed by atoms with Gasteiger partial charge in [-0.3, -0.25) is 0 Å². The molecule has 0 atom stereocenters. The Bertz CT molecular complexity index is 3110. The van der Waals surface area contributed by atoms with Gasteiger partial charge in [0.1, 0.15) is 11.2 Å². The van der Waals surface area contributed by atoms with Crippen LogP contribution in [0.15, 0.2) is 217 Å². The van der Waals surface area contributed by atoms with Crippen molar-refractivity contribution in [1.82, 2.24) is 0 Å². The van der Waals surface area contributed by atoms with Crippen LogP contribution in [0.5, 0.6) is 0 Å². The molecule has 2 heterocycles. The van der Waals surface area contributed by atoms with Crippen molar-refractivity contribution in [2.45, 2.75) is 0 Å². The molecule has 268 valence electrons. The second kappa shape index (κ2) is 13.8. The molecule has 0 aliphatic heterocycles. The molecular formula is C54H35NOS. The normalized spacial score (nSPS) is 11.5. The summed E-state index contributed by atoms with van der Waals surface area (Å²) >= 11 is 1.85. The van der Waals surface area contributed by atoms with E-state index in [1.54, 1.807) is 0 Å². The van der Waals surface area contributed by atoms with Crippen molar-refractivity contribution in [1.29, 1.82) is 0 Å². The van der Waals surface area contributed by atoms with E-state index in [0.29, 0.717) is 0 Å². The fourth-order valence-corrected chi connectivity index (χ4v) is 9.36. The number of furan rings is 1. The molecule has 0 unspecified atom stereocenters. The van der Waals surface area contributed by atoms with Crippen LogP contribution >= 0.6 is 11.3 Å². The summed E-state index contributed by atoms with van der Waals surface area (Å²) in [6, 6.07) is 76.1. The SMILES string of the molecule is c1ccc(-c2ccc(N(c3ccc(-c4ccccc4)cc3)c3ccc(-c4cccc5c4oc4c(-c6ccc7sc8ccccc8c7c6)cccc45)cc3)cc2)cc1. The van der Waals surface area contributed by atoms with Crippen LogP contribution < -0.4 is 4.90 Å². The van der Waals surface area contributed by atoms with Crippen molar-refractivity contribution >= 4 is 70.5 Å². The molecule has 3 heteroatoms. The third kappa shape index (κ3) is 5.88. The number of hydrogen-bond donors (Lipinski definition) is 0. The minimum absolute atomic E-state index is 0.902. The molecule has 0 bridgehead atoms. The van der Waals surface area contributed by atoms with E-state index in [9.17, 15) is 0 Å². The summed E-state index contributed by atoms with van der Waals surface area (Å²) in [7, 11) is 0. The quantitative estimate of drug-likeness (QED) is 0.162. The first-order chi connectivity index (χ1) is 28.2. The Morgan fingerprint density at radius 2 is 0.719 bits per heavy atom. The van der Waals surface area contributed by atoms with Crippen LogP contribution in [0.2, 0.25) is 0 Å². The summed E-state index contributed by atoms with van der Waals surface area (Å²) < 4.78 is 9.52. The molecule has 57 heavy (non-hydrogen) atoms. The smallest absolute Gasteiger partial charge is 0.143 e. The Kier molecular flexibility index (Phi) is 8.04. The number of hydrogen-bond acceptors (Lipinski definition) is 3. The third-order valence-corrected chi connectivity index (χ3v) is 12.3. The Labute approximate surface area is 335 Å². The number of thiophene rings is 1. The van der Waals surface area contributed by atoms with Crippen LogP contribution in [0, 0.1) is 0 Å². The van der Waals surface area contributed by atoms with Gasteiger partial charge >= 0.3 is 0 Å². The summed E-state index contributed by atoms with van der Waals surface area (Å²) in [4.78, 5) is 2.33. The molecule has 0 radical (unpaired) electrons. The van der Waals surface area contributed by atoms with E-state index in [-0.39, 0.29) is 0 Å². The second-order valence-electron chi connectivity index (χ2n) is 14.5. The third-order valence-electron chi connectivity index (χ3n) is 11.1. The van der Waals surface area contributed by atoms with E-state index < -0.39 is 0 Å². The molecule has 0 aliphatic rings. The van der Waals surface area contributed by atoms with Crippen LogP contribution in [0.3, 0.4) is 0 Å². The highest BCUT2D eigenvalue weighted by molar-refractivity contribution is 7.25. The predicted molar refractivity (Wildman–Crippen MR) is 243 cm³/mol. The summed E-state index contributed by atoms with van der Waals surface area (Å²) in [5.74, 6) is 0. The molecule has 11 aromatic rings. The van der Waals surface area contributed by atoms with Crippen molar-refractivity contribution in [2.24, 2.45) is 0 Å². The summed E-state index contributed by atoms with van der Waals surface area (Å²) in [5, 5.41) is 4.83. The summed E-state index contributed by atoms with van der Waals surface area (Å²) in [6.45, 7) is 0. The van der Waals surface area contributed by atoms with Crippen molar-refractivity contribution in [3.05, 3.63) is 212 Å². The van der Waals surface area contributed by atoms with Gasteiger partial charge in [0.15, 0.2) is 0 Å². The minimum atomic E-state index is 0.902. The zero-order chi connectivity index (χ0) is 37.7. The van der Waals surface area contributed by atoms with Gasteiger partial charge in [0.2, 0.25) is 0 Å². The first-order valence-electron chi connectivity index (χ1n) is 19.3. The topological polar surface area (TPSA) is 16.4 Å². The molecule has 0 aliphatic carbocycles. The lowest BCUT2D eigenvalue weighted by molar-refractivity contribution is 0.671. The van der Waals surface area contributed by atoms with Gasteiger partial charge in [0, 0.05) is 59.1 Å². The van der Waals surface area contributed by atoms with Crippen LogP contribution in [-0.4, -0.2) is 0 Å². The number of fused-ring (bicyclic) bond motifs is 6. The van der Waals surface area contributed by atoms with E-state index in [1.807, 2.05) is 11.3 Å². The van der Waals surface area contributed by atoms with Gasteiger partial charge in [-0.05, 0) is 88.0 Å². The highest BCUT2D eigenvalue weighted by Crippen LogP contribution is 2.43. The lowest BCUT2D eigenvalue weighted by atomic mass is 9.99. The van der Waals surface area contributed by atoms with Gasteiger partial charge in [0.25, 0.3) is 0 Å². The van der Waals surface area contributed by atoms with Crippen LogP contribution in [0.1, 0.15) is 0 Å². The fraction of sp³-hybridized carbons (Fsp3) is 0. The Balaban J connectivity index is 0.983. The zero-order valence-corrected chi connectivity index (χ0v) is 31.8. The molecule has 0 saturated heterocycles. The molecule has 11 rings (SSSR count). The van der Waals surface area contributed by atoms with Crippen LogP contribution in [-0.2, 0) is 0 Å². The van der Waals surface area contributed by atoms with E-state index in [1.165, 1.54) is 42.4 Å². The van der Waals surface area contributed by atoms with Crippen LogP contribution in [0.4, 0.5) is 17.1 Å². The fourth-order valence-electron chi connectivity index (χ4n) is 8.27. The first kappa shape index (κ1) is 33.2. The van der Waals surface area contributed by atoms with Crippen molar-refractivity contribution in [3.63, 3.8) is 0 Å². The highest BCUT2D eigenvalue weighted by atomic mass is 32.1. The number of para-hydroxylation sites is 2. The average molecular weight is 746 g/mol. The molecular weight excluding hydrogens is 711 g/mol. The van der Waals surface area contributed by atoms with Gasteiger partial charge in [-0.1, -0.05) is 158 Å². The van der Waals surface area contributed by atoms with E-state index >= 15 is 0 Å². The van der Waals surface area contributed by atoms with Gasteiger partial charge in [0.05, 0.1) is 0 Å². The maximum Gasteiger partial charge on any atom is 0.143 e. The van der Waals surface area contributed by atoms with E-state index in [2.05, 4.69) is 217 Å². The standard InChI is InChI=1S/C54H35NOS/c1-3-11-36(12-4-1)38-21-28-42(29-22-38)55(43-30-23-39(24-31-43)37-13-5-2-6-14-37)44-32-25-40(26-33-44)45-16-9-18-48-49-19-10-17-46(54(49)56-53(45)48)41-27-34-52-50(35-41)47-15-7-8-20-51(47)57-52/h1-35H.